The molecule has 0 bridgehead atoms. The molecule has 152 valence electrons. The summed E-state index contributed by atoms with van der Waals surface area (Å²) < 4.78 is 22.9. The monoisotopic (exact) mass is 403 g/mol. The van der Waals surface area contributed by atoms with Gasteiger partial charge in [-0.3, -0.25) is 9.20 Å². The largest absolute Gasteiger partial charge is 0.493 e. The average molecular weight is 404 g/mol. The summed E-state index contributed by atoms with van der Waals surface area (Å²) in [4.78, 5) is 5.37. The second-order valence-corrected chi connectivity index (χ2v) is 7.56. The van der Waals surface area contributed by atoms with E-state index in [2.05, 4.69) is 15.6 Å². The van der Waals surface area contributed by atoms with Gasteiger partial charge in [0.05, 0.1) is 31.6 Å². The molecule has 0 saturated carbocycles. The number of guanidine groups is 1. The number of hydrogen-bond acceptors (Lipinski definition) is 4. The Labute approximate surface area is 169 Å². The molecule has 0 fully saturated rings. The van der Waals surface area contributed by atoms with E-state index in [0.717, 1.165) is 47.4 Å². The molecule has 1 unspecified atom stereocenters. The predicted molar refractivity (Wildman–Crippen MR) is 115 cm³/mol. The first kappa shape index (κ1) is 21.8. The molecule has 0 spiro atoms. The number of methoxy groups -OCH3 is 2. The molecule has 1 atom stereocenters. The van der Waals surface area contributed by atoms with Crippen LogP contribution < -0.4 is 20.1 Å². The number of ether oxygens (including phenoxy) is 2. The van der Waals surface area contributed by atoms with E-state index in [1.54, 1.807) is 14.2 Å². The molecule has 0 heterocycles. The van der Waals surface area contributed by atoms with Crippen LogP contribution in [0.25, 0.3) is 0 Å². The van der Waals surface area contributed by atoms with E-state index in [1.165, 1.54) is 0 Å². The maximum absolute atomic E-state index is 12.3. The van der Waals surface area contributed by atoms with E-state index in [9.17, 15) is 4.21 Å². The van der Waals surface area contributed by atoms with E-state index in [-0.39, 0.29) is 0 Å². The number of nitrogens with zero attached hydrogens (tertiary/aromatic N) is 1. The summed E-state index contributed by atoms with van der Waals surface area (Å²) in [6.07, 6.45) is 0.820. The SMILES string of the molecule is CCNC(=NCCS(=O)c1ccccc1)NCCc1ccc(OC)c(OC)c1. The Kier molecular flexibility index (Phi) is 9.34. The van der Waals surface area contributed by atoms with Gasteiger partial charge < -0.3 is 20.1 Å². The maximum Gasteiger partial charge on any atom is 0.191 e. The topological polar surface area (TPSA) is 72.0 Å². The first-order valence-electron chi connectivity index (χ1n) is 9.34. The number of hydrogen-bond donors (Lipinski definition) is 2. The minimum Gasteiger partial charge on any atom is -0.493 e. The van der Waals surface area contributed by atoms with Crippen LogP contribution in [0.15, 0.2) is 58.4 Å². The summed E-state index contributed by atoms with van der Waals surface area (Å²) in [5, 5.41) is 6.54. The van der Waals surface area contributed by atoms with E-state index in [4.69, 9.17) is 9.47 Å². The summed E-state index contributed by atoms with van der Waals surface area (Å²) in [5.41, 5.74) is 1.14. The van der Waals surface area contributed by atoms with Gasteiger partial charge in [0.1, 0.15) is 0 Å². The number of nitrogens with one attached hydrogen (secondary N) is 2. The minimum atomic E-state index is -1.03. The van der Waals surface area contributed by atoms with Crippen molar-refractivity contribution in [2.45, 2.75) is 18.2 Å². The summed E-state index contributed by atoms with van der Waals surface area (Å²) >= 11 is 0. The van der Waals surface area contributed by atoms with Crippen molar-refractivity contribution in [3.8, 4) is 11.5 Å². The van der Waals surface area contributed by atoms with Crippen molar-refractivity contribution in [1.82, 2.24) is 10.6 Å². The molecule has 28 heavy (non-hydrogen) atoms. The van der Waals surface area contributed by atoms with Crippen molar-refractivity contribution in [1.29, 1.82) is 0 Å². The van der Waals surface area contributed by atoms with E-state index < -0.39 is 10.8 Å². The van der Waals surface area contributed by atoms with Crippen LogP contribution in [0, 0.1) is 0 Å². The van der Waals surface area contributed by atoms with Crippen molar-refractivity contribution >= 4 is 16.8 Å². The second-order valence-electron chi connectivity index (χ2n) is 5.99. The highest BCUT2D eigenvalue weighted by molar-refractivity contribution is 7.85. The molecular weight excluding hydrogens is 374 g/mol. The van der Waals surface area contributed by atoms with E-state index in [0.29, 0.717) is 12.3 Å². The fourth-order valence-corrected chi connectivity index (χ4v) is 3.59. The molecule has 2 rings (SSSR count). The lowest BCUT2D eigenvalue weighted by atomic mass is 10.1. The lowest BCUT2D eigenvalue weighted by molar-refractivity contribution is 0.354. The van der Waals surface area contributed by atoms with Crippen LogP contribution in [0.2, 0.25) is 0 Å². The summed E-state index contributed by atoms with van der Waals surface area (Å²) in [7, 11) is 2.23. The molecule has 2 aromatic carbocycles. The van der Waals surface area contributed by atoms with Crippen LogP contribution in [0.5, 0.6) is 11.5 Å². The van der Waals surface area contributed by atoms with Crippen molar-refractivity contribution in [2.24, 2.45) is 4.99 Å². The van der Waals surface area contributed by atoms with Crippen LogP contribution in [-0.4, -0.2) is 49.8 Å². The zero-order valence-corrected chi connectivity index (χ0v) is 17.6. The zero-order valence-electron chi connectivity index (χ0n) is 16.7. The van der Waals surface area contributed by atoms with Gasteiger partial charge in [0.15, 0.2) is 17.5 Å². The molecule has 0 aliphatic carbocycles. The fourth-order valence-electron chi connectivity index (χ4n) is 2.63. The molecule has 0 aliphatic rings. The Hall–Kier alpha value is -2.54. The molecule has 7 heteroatoms. The third kappa shape index (κ3) is 6.88. The number of aliphatic imine (C=N–C) groups is 1. The lowest BCUT2D eigenvalue weighted by Gasteiger charge is -2.12. The molecule has 0 aromatic heterocycles. The third-order valence-corrected chi connectivity index (χ3v) is 5.40. The van der Waals surface area contributed by atoms with Gasteiger partial charge in [0.2, 0.25) is 0 Å². The number of rotatable bonds is 10. The average Bonchev–Trinajstić information content (AvgIpc) is 2.74. The predicted octanol–water partition coefficient (Wildman–Crippen LogP) is 2.61. The standard InChI is InChI=1S/C21H29N3O3S/c1-4-22-21(24-14-15-28(25)18-8-6-5-7-9-18)23-13-12-17-10-11-19(26-2)20(16-17)27-3/h5-11,16H,4,12-15H2,1-3H3,(H2,22,23,24). The van der Waals surface area contributed by atoms with Crippen LogP contribution in [0.4, 0.5) is 0 Å². The second kappa shape index (κ2) is 12.0. The van der Waals surface area contributed by atoms with Gasteiger partial charge in [-0.2, -0.15) is 0 Å². The van der Waals surface area contributed by atoms with Gasteiger partial charge in [0, 0.05) is 23.7 Å². The Balaban J connectivity index is 1.85. The van der Waals surface area contributed by atoms with Crippen LogP contribution in [0.1, 0.15) is 12.5 Å². The highest BCUT2D eigenvalue weighted by Crippen LogP contribution is 2.27. The molecule has 6 nitrogen and oxygen atoms in total. The van der Waals surface area contributed by atoms with E-state index in [1.807, 2.05) is 55.5 Å². The third-order valence-electron chi connectivity index (χ3n) is 4.05. The van der Waals surface area contributed by atoms with Gasteiger partial charge in [-0.05, 0) is 43.2 Å². The van der Waals surface area contributed by atoms with Crippen LogP contribution >= 0.6 is 0 Å². The lowest BCUT2D eigenvalue weighted by Crippen LogP contribution is -2.38. The molecule has 0 aliphatic heterocycles. The normalized spacial score (nSPS) is 12.3. The molecule has 0 saturated heterocycles. The quantitative estimate of drug-likeness (QED) is 0.471. The first-order chi connectivity index (χ1) is 13.7. The van der Waals surface area contributed by atoms with Gasteiger partial charge in [-0.25, -0.2) is 0 Å². The Morgan fingerprint density at radius 1 is 1.04 bits per heavy atom. The van der Waals surface area contributed by atoms with Gasteiger partial charge in [-0.1, -0.05) is 24.3 Å². The Morgan fingerprint density at radius 3 is 2.46 bits per heavy atom. The summed E-state index contributed by atoms with van der Waals surface area (Å²) in [5.74, 6) is 2.67. The van der Waals surface area contributed by atoms with Crippen LogP contribution in [-0.2, 0) is 17.2 Å². The first-order valence-corrected chi connectivity index (χ1v) is 10.7. The molecule has 2 N–H and O–H groups in total. The highest BCUT2D eigenvalue weighted by atomic mass is 32.2. The highest BCUT2D eigenvalue weighted by Gasteiger charge is 2.06. The fraction of sp³-hybridized carbons (Fsp3) is 0.381. The molecule has 0 amide bonds. The van der Waals surface area contributed by atoms with Gasteiger partial charge in [-0.15, -0.1) is 0 Å². The van der Waals surface area contributed by atoms with Crippen molar-refractivity contribution in [3.05, 3.63) is 54.1 Å². The summed E-state index contributed by atoms with van der Waals surface area (Å²) in [6, 6.07) is 15.4. The summed E-state index contributed by atoms with van der Waals surface area (Å²) in [6.45, 7) is 4.01. The van der Waals surface area contributed by atoms with Gasteiger partial charge >= 0.3 is 0 Å². The smallest absolute Gasteiger partial charge is 0.191 e. The van der Waals surface area contributed by atoms with Crippen molar-refractivity contribution in [3.63, 3.8) is 0 Å². The van der Waals surface area contributed by atoms with Crippen molar-refractivity contribution < 1.29 is 13.7 Å². The van der Waals surface area contributed by atoms with Crippen molar-refractivity contribution in [2.75, 3.05) is 39.6 Å². The van der Waals surface area contributed by atoms with Gasteiger partial charge in [0.25, 0.3) is 0 Å². The minimum absolute atomic E-state index is 0.493. The number of benzene rings is 2. The zero-order chi connectivity index (χ0) is 20.2. The van der Waals surface area contributed by atoms with E-state index >= 15 is 0 Å². The Bertz CT molecular complexity index is 782. The Morgan fingerprint density at radius 2 is 1.79 bits per heavy atom. The molecule has 2 aromatic rings. The molecule has 0 radical (unpaired) electrons. The molecular formula is C21H29N3O3S. The van der Waals surface area contributed by atoms with Crippen LogP contribution in [0.3, 0.4) is 0 Å². The maximum atomic E-state index is 12.3.